The second-order valence-electron chi connectivity index (χ2n) is 5.95. The van der Waals surface area contributed by atoms with Gasteiger partial charge in [-0.1, -0.05) is 12.1 Å². The number of fused-ring (bicyclic) bond motifs is 1. The summed E-state index contributed by atoms with van der Waals surface area (Å²) in [6.07, 6.45) is 5.71. The molecule has 1 N–H and O–H groups in total. The maximum atomic E-state index is 13.4. The van der Waals surface area contributed by atoms with E-state index in [1.807, 2.05) is 18.3 Å². The zero-order valence-electron chi connectivity index (χ0n) is 13.5. The van der Waals surface area contributed by atoms with E-state index in [2.05, 4.69) is 38.1 Å². The minimum atomic E-state index is -0.288. The molecule has 2 aromatic heterocycles. The molecule has 6 heteroatoms. The number of benzene rings is 1. The molecule has 4 rings (SSSR count). The Morgan fingerprint density at radius 1 is 1.16 bits per heavy atom. The van der Waals surface area contributed by atoms with E-state index in [9.17, 15) is 4.39 Å². The SMILES string of the molecule is Fc1cccc(NC(=S)N2CCn3cccc3[C@H]2c2cccnc2)c1. The smallest absolute Gasteiger partial charge is 0.174 e. The molecule has 126 valence electrons. The van der Waals surface area contributed by atoms with Crippen molar-refractivity contribution in [2.75, 3.05) is 11.9 Å². The zero-order valence-corrected chi connectivity index (χ0v) is 14.3. The lowest BCUT2D eigenvalue weighted by molar-refractivity contribution is 0.293. The van der Waals surface area contributed by atoms with Crippen molar-refractivity contribution < 1.29 is 4.39 Å². The van der Waals surface area contributed by atoms with Gasteiger partial charge in [-0.3, -0.25) is 4.98 Å². The minimum Gasteiger partial charge on any atom is -0.348 e. The topological polar surface area (TPSA) is 33.1 Å². The molecule has 0 radical (unpaired) electrons. The second kappa shape index (κ2) is 6.64. The number of nitrogens with zero attached hydrogens (tertiary/aromatic N) is 3. The molecule has 25 heavy (non-hydrogen) atoms. The molecule has 1 atom stereocenters. The van der Waals surface area contributed by atoms with Gasteiger partial charge in [-0.05, 0) is 54.2 Å². The van der Waals surface area contributed by atoms with Crippen molar-refractivity contribution in [3.8, 4) is 0 Å². The van der Waals surface area contributed by atoms with Crippen molar-refractivity contribution in [1.29, 1.82) is 0 Å². The monoisotopic (exact) mass is 352 g/mol. The molecule has 4 nitrogen and oxygen atoms in total. The molecule has 0 aliphatic carbocycles. The number of aromatic nitrogens is 2. The first-order valence-corrected chi connectivity index (χ1v) is 8.51. The largest absolute Gasteiger partial charge is 0.348 e. The average Bonchev–Trinajstić information content (AvgIpc) is 3.10. The molecule has 0 saturated heterocycles. The molecule has 1 aliphatic heterocycles. The van der Waals surface area contributed by atoms with Gasteiger partial charge >= 0.3 is 0 Å². The van der Waals surface area contributed by atoms with Gasteiger partial charge in [-0.25, -0.2) is 4.39 Å². The minimum absolute atomic E-state index is 0.0222. The average molecular weight is 352 g/mol. The van der Waals surface area contributed by atoms with Crippen LogP contribution in [0.2, 0.25) is 0 Å². The molecule has 3 heterocycles. The Balaban J connectivity index is 1.66. The van der Waals surface area contributed by atoms with Crippen LogP contribution in [-0.4, -0.2) is 26.1 Å². The van der Waals surface area contributed by atoms with Gasteiger partial charge in [-0.2, -0.15) is 0 Å². The van der Waals surface area contributed by atoms with Crippen LogP contribution >= 0.6 is 12.2 Å². The first-order chi connectivity index (χ1) is 12.2. The summed E-state index contributed by atoms with van der Waals surface area (Å²) in [5.41, 5.74) is 2.89. The first kappa shape index (κ1) is 15.8. The number of pyridine rings is 1. The Morgan fingerprint density at radius 2 is 2.08 bits per heavy atom. The van der Waals surface area contributed by atoms with Crippen molar-refractivity contribution >= 4 is 23.0 Å². The van der Waals surface area contributed by atoms with Crippen molar-refractivity contribution in [3.63, 3.8) is 0 Å². The van der Waals surface area contributed by atoms with E-state index in [0.717, 1.165) is 18.7 Å². The van der Waals surface area contributed by atoms with Crippen LogP contribution in [0.5, 0.6) is 0 Å². The van der Waals surface area contributed by atoms with E-state index in [1.54, 1.807) is 18.3 Å². The number of rotatable bonds is 2. The normalized spacial score (nSPS) is 16.4. The first-order valence-electron chi connectivity index (χ1n) is 8.10. The van der Waals surface area contributed by atoms with Crippen LogP contribution in [0.25, 0.3) is 0 Å². The molecular weight excluding hydrogens is 335 g/mol. The van der Waals surface area contributed by atoms with Crippen molar-refractivity contribution in [1.82, 2.24) is 14.5 Å². The number of thiocarbonyl (C=S) groups is 1. The van der Waals surface area contributed by atoms with Gasteiger partial charge < -0.3 is 14.8 Å². The fourth-order valence-electron chi connectivity index (χ4n) is 3.25. The molecule has 0 unspecified atom stereocenters. The fraction of sp³-hybridized carbons (Fsp3) is 0.158. The predicted molar refractivity (Wildman–Crippen MR) is 99.8 cm³/mol. The third-order valence-corrected chi connectivity index (χ3v) is 4.71. The van der Waals surface area contributed by atoms with Crippen LogP contribution in [0.15, 0.2) is 67.1 Å². The number of hydrogen-bond acceptors (Lipinski definition) is 2. The summed E-state index contributed by atoms with van der Waals surface area (Å²) in [5.74, 6) is -0.288. The Kier molecular flexibility index (Phi) is 4.19. The Labute approximate surface area is 150 Å². The number of nitrogens with one attached hydrogen (secondary N) is 1. The maximum absolute atomic E-state index is 13.4. The van der Waals surface area contributed by atoms with Gasteiger partial charge in [0.1, 0.15) is 5.82 Å². The number of hydrogen-bond donors (Lipinski definition) is 1. The lowest BCUT2D eigenvalue weighted by Gasteiger charge is -2.38. The highest BCUT2D eigenvalue weighted by Crippen LogP contribution is 2.32. The highest BCUT2D eigenvalue weighted by molar-refractivity contribution is 7.80. The Morgan fingerprint density at radius 3 is 2.88 bits per heavy atom. The highest BCUT2D eigenvalue weighted by Gasteiger charge is 2.30. The third kappa shape index (κ3) is 3.13. The number of halogens is 1. The third-order valence-electron chi connectivity index (χ3n) is 4.38. The molecule has 1 aliphatic rings. The van der Waals surface area contributed by atoms with E-state index in [1.165, 1.54) is 17.8 Å². The van der Waals surface area contributed by atoms with Crippen LogP contribution in [0, 0.1) is 5.82 Å². The van der Waals surface area contributed by atoms with Crippen molar-refractivity contribution in [3.05, 3.63) is 84.2 Å². The lowest BCUT2D eigenvalue weighted by atomic mass is 10.0. The van der Waals surface area contributed by atoms with E-state index in [0.29, 0.717) is 10.8 Å². The lowest BCUT2D eigenvalue weighted by Crippen LogP contribution is -2.44. The number of anilines is 1. The van der Waals surface area contributed by atoms with Crippen molar-refractivity contribution in [2.45, 2.75) is 12.6 Å². The van der Waals surface area contributed by atoms with Gasteiger partial charge in [-0.15, -0.1) is 0 Å². The van der Waals surface area contributed by atoms with E-state index >= 15 is 0 Å². The predicted octanol–water partition coefficient (Wildman–Crippen LogP) is 3.82. The fourth-order valence-corrected chi connectivity index (χ4v) is 3.57. The van der Waals surface area contributed by atoms with Crippen LogP contribution in [0.3, 0.4) is 0 Å². The summed E-state index contributed by atoms with van der Waals surface area (Å²) in [4.78, 5) is 6.39. The van der Waals surface area contributed by atoms with Crippen LogP contribution < -0.4 is 5.32 Å². The van der Waals surface area contributed by atoms with Crippen LogP contribution in [0.1, 0.15) is 17.3 Å². The zero-order chi connectivity index (χ0) is 17.2. The van der Waals surface area contributed by atoms with Gasteiger partial charge in [0.2, 0.25) is 0 Å². The standard InChI is InChI=1S/C19H17FN4S/c20-15-5-1-6-16(12-15)22-19(25)24-11-10-23-9-3-7-17(23)18(24)14-4-2-8-21-13-14/h1-9,12-13,18H,10-11H2,(H,22,25)/t18-/m1/s1. The highest BCUT2D eigenvalue weighted by atomic mass is 32.1. The molecule has 0 spiro atoms. The molecule has 0 amide bonds. The summed E-state index contributed by atoms with van der Waals surface area (Å²) < 4.78 is 15.7. The maximum Gasteiger partial charge on any atom is 0.174 e. The summed E-state index contributed by atoms with van der Waals surface area (Å²) in [5, 5.41) is 3.74. The van der Waals surface area contributed by atoms with Gasteiger partial charge in [0, 0.05) is 43.1 Å². The molecule has 0 saturated carbocycles. The van der Waals surface area contributed by atoms with Crippen LogP contribution in [-0.2, 0) is 6.54 Å². The molecule has 3 aromatic rings. The molecule has 0 bridgehead atoms. The molecule has 1 aromatic carbocycles. The quantitative estimate of drug-likeness (QED) is 0.711. The van der Waals surface area contributed by atoms with E-state index in [-0.39, 0.29) is 11.9 Å². The molecule has 0 fully saturated rings. The van der Waals surface area contributed by atoms with E-state index < -0.39 is 0 Å². The summed E-state index contributed by atoms with van der Waals surface area (Å²) in [6.45, 7) is 1.62. The Bertz CT molecular complexity index is 893. The van der Waals surface area contributed by atoms with Gasteiger partial charge in [0.05, 0.1) is 6.04 Å². The van der Waals surface area contributed by atoms with Crippen LogP contribution in [0.4, 0.5) is 10.1 Å². The van der Waals surface area contributed by atoms with Gasteiger partial charge in [0.15, 0.2) is 5.11 Å². The van der Waals surface area contributed by atoms with E-state index in [4.69, 9.17) is 12.2 Å². The Hall–Kier alpha value is -2.73. The summed E-state index contributed by atoms with van der Waals surface area (Å²) >= 11 is 5.64. The van der Waals surface area contributed by atoms with Crippen molar-refractivity contribution in [2.24, 2.45) is 0 Å². The second-order valence-corrected chi connectivity index (χ2v) is 6.34. The summed E-state index contributed by atoms with van der Waals surface area (Å²) in [6, 6.07) is 14.4. The molecular formula is C19H17FN4S. The van der Waals surface area contributed by atoms with Gasteiger partial charge in [0.25, 0.3) is 0 Å². The summed E-state index contributed by atoms with van der Waals surface area (Å²) in [7, 11) is 0.